The van der Waals surface area contributed by atoms with Crippen LogP contribution in [0.25, 0.3) is 10.9 Å². The Kier molecular flexibility index (Phi) is 8.54. The van der Waals surface area contributed by atoms with E-state index in [4.69, 9.17) is 16.3 Å². The maximum Gasteiger partial charge on any atom is 0.329 e. The smallest absolute Gasteiger partial charge is 0.329 e. The molecule has 0 saturated heterocycles. The number of hydrogen-bond acceptors (Lipinski definition) is 5. The van der Waals surface area contributed by atoms with Gasteiger partial charge in [0.2, 0.25) is 5.56 Å². The zero-order valence-electron chi connectivity index (χ0n) is 16.6. The Hall–Kier alpha value is -3.65. The largest absolute Gasteiger partial charge is 0.454 e. The van der Waals surface area contributed by atoms with Crippen LogP contribution < -0.4 is 16.2 Å². The number of nitrogens with one attached hydrogen (secondary N) is 3. The molecule has 0 fully saturated rings. The van der Waals surface area contributed by atoms with Crippen molar-refractivity contribution in [3.63, 3.8) is 0 Å². The van der Waals surface area contributed by atoms with Crippen LogP contribution in [0.5, 0.6) is 0 Å². The van der Waals surface area contributed by atoms with Crippen molar-refractivity contribution in [2.45, 2.75) is 19.9 Å². The molecule has 8 nitrogen and oxygen atoms in total. The number of rotatable bonds is 7. The average Bonchev–Trinajstić information content (AvgIpc) is 2.76. The molecule has 3 N–H and O–H groups in total. The number of aromatic nitrogens is 1. The second kappa shape index (κ2) is 11.1. The number of halogens is 1. The van der Waals surface area contributed by atoms with Gasteiger partial charge in [-0.15, -0.1) is 0 Å². The fourth-order valence-electron chi connectivity index (χ4n) is 3.01. The predicted molar refractivity (Wildman–Crippen MR) is 123 cm³/mol. The molecule has 32 heavy (non-hydrogen) atoms. The number of para-hydroxylation sites is 1. The number of carbonyl (C=O) groups excluding carboxylic acids is 3. The van der Waals surface area contributed by atoms with Gasteiger partial charge in [0.15, 0.2) is 6.61 Å². The van der Waals surface area contributed by atoms with E-state index < -0.39 is 30.4 Å². The molecule has 0 spiro atoms. The van der Waals surface area contributed by atoms with Crippen LogP contribution in [0.3, 0.4) is 0 Å². The van der Waals surface area contributed by atoms with E-state index >= 15 is 0 Å². The Morgan fingerprint density at radius 3 is 2.47 bits per heavy atom. The standard InChI is InChI=1S/C22H20ClN3O5.CH4/c1-24-20(28)12-31-22(30)18(26-21(29)13-6-8-15(23)9-7-13)10-14-11-19(27)25-17-5-3-2-4-16(14)17;/h2-9,11,18H,10,12H2,1H3,(H,24,28)(H,25,27)(H,26,29);1H4. The van der Waals surface area contributed by atoms with Gasteiger partial charge in [-0.25, -0.2) is 4.79 Å². The average molecular weight is 458 g/mol. The first-order valence-corrected chi connectivity index (χ1v) is 9.80. The van der Waals surface area contributed by atoms with Crippen molar-refractivity contribution in [3.05, 3.63) is 81.1 Å². The van der Waals surface area contributed by atoms with Gasteiger partial charge in [-0.05, 0) is 35.9 Å². The second-order valence-electron chi connectivity index (χ2n) is 6.72. The fraction of sp³-hybridized carbons (Fsp3) is 0.217. The molecule has 0 aliphatic carbocycles. The van der Waals surface area contributed by atoms with E-state index in [2.05, 4.69) is 15.6 Å². The van der Waals surface area contributed by atoms with Gasteiger partial charge in [0.25, 0.3) is 11.8 Å². The molecule has 168 valence electrons. The lowest BCUT2D eigenvalue weighted by atomic mass is 10.0. The highest BCUT2D eigenvalue weighted by Gasteiger charge is 2.25. The van der Waals surface area contributed by atoms with E-state index in [1.54, 1.807) is 36.4 Å². The van der Waals surface area contributed by atoms with Gasteiger partial charge in [0, 0.05) is 41.0 Å². The third-order valence-corrected chi connectivity index (χ3v) is 4.83. The normalized spacial score (nSPS) is 11.2. The Morgan fingerprint density at radius 2 is 1.78 bits per heavy atom. The summed E-state index contributed by atoms with van der Waals surface area (Å²) in [4.78, 5) is 51.6. The molecule has 1 heterocycles. The first kappa shape index (κ1) is 24.6. The number of hydrogen-bond donors (Lipinski definition) is 3. The molecule has 1 atom stereocenters. The lowest BCUT2D eigenvalue weighted by Gasteiger charge is -2.18. The predicted octanol–water partition coefficient (Wildman–Crippen LogP) is 2.45. The molecule has 9 heteroatoms. The van der Waals surface area contributed by atoms with Crippen LogP contribution in [0.15, 0.2) is 59.4 Å². The highest BCUT2D eigenvalue weighted by molar-refractivity contribution is 6.30. The molecule has 1 unspecified atom stereocenters. The van der Waals surface area contributed by atoms with Gasteiger partial charge in [0.1, 0.15) is 6.04 Å². The number of carbonyl (C=O) groups is 3. The van der Waals surface area contributed by atoms with E-state index in [0.717, 1.165) is 5.39 Å². The van der Waals surface area contributed by atoms with E-state index in [1.165, 1.54) is 25.2 Å². The number of ether oxygens (including phenoxy) is 1. The number of pyridine rings is 1. The summed E-state index contributed by atoms with van der Waals surface area (Å²) in [5.41, 5.74) is 1.11. The van der Waals surface area contributed by atoms with Crippen molar-refractivity contribution >= 4 is 40.3 Å². The monoisotopic (exact) mass is 457 g/mol. The summed E-state index contributed by atoms with van der Waals surface area (Å²) in [5, 5.41) is 6.17. The molecule has 0 aliphatic heterocycles. The Morgan fingerprint density at radius 1 is 1.09 bits per heavy atom. The topological polar surface area (TPSA) is 117 Å². The summed E-state index contributed by atoms with van der Waals surface area (Å²) in [7, 11) is 1.42. The van der Waals surface area contributed by atoms with Gasteiger partial charge in [-0.1, -0.05) is 37.2 Å². The van der Waals surface area contributed by atoms with Crippen LogP contribution in [-0.4, -0.2) is 42.5 Å². The highest BCUT2D eigenvalue weighted by Crippen LogP contribution is 2.17. The number of amides is 2. The number of fused-ring (bicyclic) bond motifs is 1. The van der Waals surface area contributed by atoms with Gasteiger partial charge >= 0.3 is 5.97 Å². The Balaban J connectivity index is 0.00000363. The van der Waals surface area contributed by atoms with Crippen molar-refractivity contribution in [1.82, 2.24) is 15.6 Å². The van der Waals surface area contributed by atoms with E-state index in [1.807, 2.05) is 0 Å². The number of aromatic amines is 1. The molecule has 2 amide bonds. The first-order chi connectivity index (χ1) is 14.9. The second-order valence-corrected chi connectivity index (χ2v) is 7.16. The molecule has 3 rings (SSSR count). The summed E-state index contributed by atoms with van der Waals surface area (Å²) < 4.78 is 5.05. The summed E-state index contributed by atoms with van der Waals surface area (Å²) in [6.45, 7) is -0.487. The van der Waals surface area contributed by atoms with E-state index in [0.29, 0.717) is 21.7 Å². The first-order valence-electron chi connectivity index (χ1n) is 9.42. The zero-order valence-corrected chi connectivity index (χ0v) is 17.4. The number of benzene rings is 2. The van der Waals surface area contributed by atoms with Crippen molar-refractivity contribution < 1.29 is 19.1 Å². The third-order valence-electron chi connectivity index (χ3n) is 4.58. The van der Waals surface area contributed by atoms with Crippen LogP contribution in [0, 0.1) is 0 Å². The van der Waals surface area contributed by atoms with Crippen LogP contribution in [-0.2, 0) is 20.7 Å². The molecular weight excluding hydrogens is 434 g/mol. The molecular formula is C23H24ClN3O5. The van der Waals surface area contributed by atoms with Gasteiger partial charge in [-0.3, -0.25) is 14.4 Å². The fourth-order valence-corrected chi connectivity index (χ4v) is 3.14. The SMILES string of the molecule is C.CNC(=O)COC(=O)C(Cc1cc(=O)[nH]c2ccccc12)NC(=O)c1ccc(Cl)cc1. The van der Waals surface area contributed by atoms with Gasteiger partial charge in [0.05, 0.1) is 0 Å². The molecule has 2 aromatic carbocycles. The molecule has 1 aromatic heterocycles. The molecule has 0 aliphatic rings. The maximum atomic E-state index is 12.7. The van der Waals surface area contributed by atoms with Crippen molar-refractivity contribution in [1.29, 1.82) is 0 Å². The molecule has 0 bridgehead atoms. The maximum absolute atomic E-state index is 12.7. The summed E-state index contributed by atoms with van der Waals surface area (Å²) in [6.07, 6.45) is -0.00363. The zero-order chi connectivity index (χ0) is 22.4. The minimum Gasteiger partial charge on any atom is -0.454 e. The van der Waals surface area contributed by atoms with Crippen LogP contribution in [0.1, 0.15) is 23.3 Å². The molecule has 3 aromatic rings. The lowest BCUT2D eigenvalue weighted by molar-refractivity contribution is -0.150. The minimum absolute atomic E-state index is 0. The lowest BCUT2D eigenvalue weighted by Crippen LogP contribution is -2.44. The van der Waals surface area contributed by atoms with Crippen LogP contribution >= 0.6 is 11.6 Å². The van der Waals surface area contributed by atoms with Crippen molar-refractivity contribution in [2.24, 2.45) is 0 Å². The summed E-state index contributed by atoms with van der Waals surface area (Å²) in [5.74, 6) is -1.80. The minimum atomic E-state index is -1.13. The quantitative estimate of drug-likeness (QED) is 0.471. The van der Waals surface area contributed by atoms with Crippen molar-refractivity contribution in [3.8, 4) is 0 Å². The molecule has 0 saturated carbocycles. The third kappa shape index (κ3) is 6.18. The summed E-state index contributed by atoms with van der Waals surface area (Å²) >= 11 is 5.86. The number of esters is 1. The Labute approximate surface area is 189 Å². The Bertz CT molecular complexity index is 1170. The number of likely N-dealkylation sites (N-methyl/N-ethyl adjacent to an activating group) is 1. The highest BCUT2D eigenvalue weighted by atomic mass is 35.5. The van der Waals surface area contributed by atoms with Gasteiger partial charge in [-0.2, -0.15) is 0 Å². The molecule has 0 radical (unpaired) electrons. The van der Waals surface area contributed by atoms with E-state index in [-0.39, 0.29) is 19.4 Å². The van der Waals surface area contributed by atoms with Crippen LogP contribution in [0.4, 0.5) is 0 Å². The van der Waals surface area contributed by atoms with Crippen LogP contribution in [0.2, 0.25) is 5.02 Å². The van der Waals surface area contributed by atoms with Gasteiger partial charge < -0.3 is 20.4 Å². The van der Waals surface area contributed by atoms with Crippen molar-refractivity contribution in [2.75, 3.05) is 13.7 Å². The summed E-state index contributed by atoms with van der Waals surface area (Å²) in [6, 6.07) is 13.5. The van der Waals surface area contributed by atoms with E-state index in [9.17, 15) is 19.2 Å². The number of H-pyrrole nitrogens is 1.